The second kappa shape index (κ2) is 7.58. The zero-order valence-corrected chi connectivity index (χ0v) is 15.9. The predicted molar refractivity (Wildman–Crippen MR) is 100 cm³/mol. The molecule has 0 saturated carbocycles. The summed E-state index contributed by atoms with van der Waals surface area (Å²) in [6, 6.07) is 6.43. The number of nitrogens with zero attached hydrogens (tertiary/aromatic N) is 1. The maximum atomic E-state index is 13.3. The van der Waals surface area contributed by atoms with Crippen LogP contribution in [0.5, 0.6) is 0 Å². The number of rotatable bonds is 6. The molecule has 3 atom stereocenters. The maximum Gasteiger partial charge on any atom is 0.409 e. The molecule has 3 amide bonds. The molecular weight excluding hydrogens is 346 g/mol. The fraction of sp³-hybridized carbons (Fsp3) is 0.550. The van der Waals surface area contributed by atoms with Crippen molar-refractivity contribution in [2.45, 2.75) is 57.7 Å². The second-order valence-corrected chi connectivity index (χ2v) is 7.37. The minimum Gasteiger partial charge on any atom is -0.450 e. The lowest BCUT2D eigenvalue weighted by Crippen LogP contribution is -2.46. The summed E-state index contributed by atoms with van der Waals surface area (Å²) in [7, 11) is 0. The van der Waals surface area contributed by atoms with Crippen LogP contribution < -0.4 is 11.1 Å². The summed E-state index contributed by atoms with van der Waals surface area (Å²) in [5, 5.41) is 2.93. The summed E-state index contributed by atoms with van der Waals surface area (Å²) in [4.78, 5) is 38.9. The van der Waals surface area contributed by atoms with Gasteiger partial charge in [-0.2, -0.15) is 0 Å². The van der Waals surface area contributed by atoms with E-state index in [1.165, 1.54) is 0 Å². The summed E-state index contributed by atoms with van der Waals surface area (Å²) in [6.45, 7) is 4.48. The van der Waals surface area contributed by atoms with Gasteiger partial charge in [-0.1, -0.05) is 45.2 Å². The summed E-state index contributed by atoms with van der Waals surface area (Å²) in [5.74, 6) is -0.876. The van der Waals surface area contributed by atoms with Gasteiger partial charge in [0.25, 0.3) is 5.91 Å². The number of amides is 3. The van der Waals surface area contributed by atoms with Crippen LogP contribution >= 0.6 is 0 Å². The van der Waals surface area contributed by atoms with Crippen LogP contribution in [0.3, 0.4) is 0 Å². The van der Waals surface area contributed by atoms with Crippen molar-refractivity contribution in [1.29, 1.82) is 0 Å². The fourth-order valence-corrected chi connectivity index (χ4v) is 4.21. The lowest BCUT2D eigenvalue weighted by Gasteiger charge is -2.22. The van der Waals surface area contributed by atoms with E-state index >= 15 is 0 Å². The summed E-state index contributed by atoms with van der Waals surface area (Å²) >= 11 is 0. The number of benzene rings is 1. The first-order valence-electron chi connectivity index (χ1n) is 9.60. The third-order valence-electron chi connectivity index (χ3n) is 5.71. The van der Waals surface area contributed by atoms with Crippen LogP contribution in [-0.2, 0) is 4.74 Å². The average molecular weight is 373 g/mol. The Morgan fingerprint density at radius 3 is 2.67 bits per heavy atom. The Bertz CT molecular complexity index is 750. The van der Waals surface area contributed by atoms with E-state index in [-0.39, 0.29) is 29.0 Å². The van der Waals surface area contributed by atoms with Crippen LogP contribution in [-0.4, -0.2) is 41.1 Å². The molecule has 7 nitrogen and oxygen atoms in total. The average Bonchev–Trinajstić information content (AvgIpc) is 3.31. The van der Waals surface area contributed by atoms with Crippen molar-refractivity contribution in [1.82, 2.24) is 10.2 Å². The molecule has 2 saturated heterocycles. The molecule has 1 aromatic rings. The molecule has 7 heteroatoms. The molecule has 3 N–H and O–H groups in total. The Hall–Kier alpha value is -2.57. The van der Waals surface area contributed by atoms with Crippen LogP contribution in [0.2, 0.25) is 0 Å². The number of alkyl carbamates (subject to hydrolysis) is 1. The standard InChI is InChI=1S/C20H27N3O4/c1-3-4-5-10-16-20(13(2)11-12-27-19(26)22-20)23(16)18(25)15-9-7-6-8-14(15)17(21)24/h6-9,13,16H,3-5,10-12H2,1-2H3,(H2,21,24)(H,22,26)/t13-,16?,20-,23?/m0/s1. The van der Waals surface area contributed by atoms with Gasteiger partial charge in [-0.3, -0.25) is 14.9 Å². The second-order valence-electron chi connectivity index (χ2n) is 7.37. The number of primary amides is 1. The Labute approximate surface area is 159 Å². The third-order valence-corrected chi connectivity index (χ3v) is 5.71. The SMILES string of the molecule is CCCCCC1N(C(=O)c2ccccc2C(N)=O)[C@]12NC(=O)OCC[C@@H]2C. The lowest BCUT2D eigenvalue weighted by molar-refractivity contribution is 0.0814. The highest BCUT2D eigenvalue weighted by Crippen LogP contribution is 2.50. The molecule has 0 aromatic heterocycles. The highest BCUT2D eigenvalue weighted by molar-refractivity contribution is 6.08. The molecule has 1 unspecified atom stereocenters. The van der Waals surface area contributed by atoms with E-state index in [4.69, 9.17) is 10.5 Å². The number of carbonyl (C=O) groups is 3. The molecule has 0 radical (unpaired) electrons. The molecule has 146 valence electrons. The van der Waals surface area contributed by atoms with Gasteiger partial charge in [0.15, 0.2) is 0 Å². The number of ether oxygens (including phenoxy) is 1. The normalized spacial score (nSPS) is 26.9. The molecule has 2 aliphatic rings. The van der Waals surface area contributed by atoms with Crippen molar-refractivity contribution in [3.05, 3.63) is 35.4 Å². The number of unbranched alkanes of at least 4 members (excludes halogenated alkanes) is 2. The first kappa shape index (κ1) is 19.2. The van der Waals surface area contributed by atoms with Gasteiger partial charge in [-0.25, -0.2) is 4.79 Å². The van der Waals surface area contributed by atoms with E-state index in [2.05, 4.69) is 12.2 Å². The Balaban J connectivity index is 1.94. The highest BCUT2D eigenvalue weighted by atomic mass is 16.5. The largest absolute Gasteiger partial charge is 0.450 e. The molecule has 1 aromatic carbocycles. The third kappa shape index (κ3) is 3.38. The van der Waals surface area contributed by atoms with E-state index < -0.39 is 17.7 Å². The zero-order chi connectivity index (χ0) is 19.6. The fourth-order valence-electron chi connectivity index (χ4n) is 4.21. The van der Waals surface area contributed by atoms with E-state index in [9.17, 15) is 14.4 Å². The van der Waals surface area contributed by atoms with Gasteiger partial charge in [-0.15, -0.1) is 0 Å². The van der Waals surface area contributed by atoms with Crippen LogP contribution in [0.25, 0.3) is 0 Å². The van der Waals surface area contributed by atoms with Crippen molar-refractivity contribution < 1.29 is 19.1 Å². The summed E-state index contributed by atoms with van der Waals surface area (Å²) < 4.78 is 5.16. The highest BCUT2D eigenvalue weighted by Gasteiger charge is 2.69. The maximum absolute atomic E-state index is 13.3. The molecule has 2 heterocycles. The van der Waals surface area contributed by atoms with Crippen molar-refractivity contribution in [3.63, 3.8) is 0 Å². The molecule has 2 aliphatic heterocycles. The summed E-state index contributed by atoms with van der Waals surface area (Å²) in [6.07, 6.45) is 4.06. The van der Waals surface area contributed by atoms with Crippen molar-refractivity contribution >= 4 is 17.9 Å². The Morgan fingerprint density at radius 1 is 1.30 bits per heavy atom. The Morgan fingerprint density at radius 2 is 2.00 bits per heavy atom. The number of cyclic esters (lactones) is 1. The molecule has 1 spiro atoms. The van der Waals surface area contributed by atoms with Gasteiger partial charge in [0, 0.05) is 5.92 Å². The van der Waals surface area contributed by atoms with E-state index in [1.54, 1.807) is 29.2 Å². The van der Waals surface area contributed by atoms with Crippen LogP contribution in [0.1, 0.15) is 66.7 Å². The molecule has 3 rings (SSSR count). The molecule has 2 fully saturated rings. The van der Waals surface area contributed by atoms with Crippen molar-refractivity contribution in [2.24, 2.45) is 11.7 Å². The van der Waals surface area contributed by atoms with Gasteiger partial charge < -0.3 is 15.4 Å². The quantitative estimate of drug-likeness (QED) is 0.591. The van der Waals surface area contributed by atoms with Crippen molar-refractivity contribution in [3.8, 4) is 0 Å². The van der Waals surface area contributed by atoms with Gasteiger partial charge in [-0.05, 0) is 25.0 Å². The molecule has 27 heavy (non-hydrogen) atoms. The summed E-state index contributed by atoms with van der Waals surface area (Å²) in [5.41, 5.74) is 5.16. The Kier molecular flexibility index (Phi) is 5.39. The molecule has 0 aliphatic carbocycles. The van der Waals surface area contributed by atoms with Crippen molar-refractivity contribution in [2.75, 3.05) is 6.61 Å². The first-order chi connectivity index (χ1) is 12.9. The predicted octanol–water partition coefficient (Wildman–Crippen LogP) is 2.65. The van der Waals surface area contributed by atoms with Gasteiger partial charge in [0.2, 0.25) is 5.91 Å². The van der Waals surface area contributed by atoms with Crippen LogP contribution in [0.15, 0.2) is 24.3 Å². The smallest absolute Gasteiger partial charge is 0.409 e. The molecular formula is C20H27N3O4. The number of nitrogens with one attached hydrogen (secondary N) is 1. The van der Waals surface area contributed by atoms with Crippen LogP contribution in [0, 0.1) is 5.92 Å². The number of hydrogen-bond donors (Lipinski definition) is 2. The van der Waals surface area contributed by atoms with Gasteiger partial charge in [0.05, 0.1) is 23.8 Å². The van der Waals surface area contributed by atoms with Gasteiger partial charge in [0.1, 0.15) is 5.66 Å². The number of hydrogen-bond acceptors (Lipinski definition) is 4. The minimum atomic E-state index is -0.761. The molecule has 0 bridgehead atoms. The van der Waals surface area contributed by atoms with E-state index in [0.29, 0.717) is 13.0 Å². The lowest BCUT2D eigenvalue weighted by atomic mass is 9.93. The van der Waals surface area contributed by atoms with Gasteiger partial charge >= 0.3 is 6.09 Å². The number of nitrogens with two attached hydrogens (primary N) is 1. The van der Waals surface area contributed by atoms with E-state index in [0.717, 1.165) is 25.7 Å². The number of carbonyl (C=O) groups excluding carboxylic acids is 3. The zero-order valence-electron chi connectivity index (χ0n) is 15.9. The monoisotopic (exact) mass is 373 g/mol. The van der Waals surface area contributed by atoms with Crippen LogP contribution in [0.4, 0.5) is 4.79 Å². The minimum absolute atomic E-state index is 0.0419. The van der Waals surface area contributed by atoms with E-state index in [1.807, 2.05) is 6.92 Å². The first-order valence-corrected chi connectivity index (χ1v) is 9.60. The topological polar surface area (TPSA) is 101 Å².